The summed E-state index contributed by atoms with van der Waals surface area (Å²) in [5, 5.41) is 21.7. The molecule has 2 aromatic carbocycles. The minimum Gasteiger partial charge on any atom is -0.497 e. The van der Waals surface area contributed by atoms with E-state index in [1.165, 1.54) is 0 Å². The van der Waals surface area contributed by atoms with E-state index in [1.54, 1.807) is 13.3 Å². The zero-order valence-electron chi connectivity index (χ0n) is 22.1. The highest BCUT2D eigenvalue weighted by Crippen LogP contribution is 2.42. The van der Waals surface area contributed by atoms with Crippen molar-refractivity contribution < 1.29 is 32.9 Å². The van der Waals surface area contributed by atoms with Crippen molar-refractivity contribution in [3.8, 4) is 5.75 Å². The van der Waals surface area contributed by atoms with Gasteiger partial charge in [0.05, 0.1) is 25.2 Å². The Morgan fingerprint density at radius 1 is 1.21 bits per heavy atom. The van der Waals surface area contributed by atoms with Crippen LogP contribution in [0.1, 0.15) is 49.3 Å². The maximum atomic E-state index is 13.9. The number of thioether (sulfide) groups is 1. The van der Waals surface area contributed by atoms with E-state index in [0.29, 0.717) is 62.9 Å². The third-order valence-electron chi connectivity index (χ3n) is 7.66. The average molecular weight is 563 g/mol. The number of ether oxygens (including phenoxy) is 1. The van der Waals surface area contributed by atoms with Crippen LogP contribution >= 0.6 is 11.8 Å². The van der Waals surface area contributed by atoms with Crippen LogP contribution < -0.4 is 4.74 Å². The first-order chi connectivity index (χ1) is 18.6. The number of aliphatic hydroxyl groups is 1. The van der Waals surface area contributed by atoms with E-state index in [2.05, 4.69) is 9.88 Å². The van der Waals surface area contributed by atoms with E-state index in [4.69, 9.17) is 4.74 Å². The molecule has 1 aliphatic heterocycles. The quantitative estimate of drug-likeness (QED) is 0.215. The number of methoxy groups -OCH3 is 1. The minimum absolute atomic E-state index is 0.0139. The molecule has 0 aliphatic carbocycles. The number of likely N-dealkylation sites (tertiary alicyclic amines) is 1. The lowest BCUT2D eigenvalue weighted by Gasteiger charge is -2.41. The van der Waals surface area contributed by atoms with Crippen LogP contribution in [0.2, 0.25) is 0 Å². The molecular weight excluding hydrogens is 529 g/mol. The van der Waals surface area contributed by atoms with Crippen molar-refractivity contribution in [2.24, 2.45) is 5.41 Å². The Kier molecular flexibility index (Phi) is 9.40. The highest BCUT2D eigenvalue weighted by Gasteiger charge is 2.37. The summed E-state index contributed by atoms with van der Waals surface area (Å²) in [6.07, 6.45) is 3.20. The summed E-state index contributed by atoms with van der Waals surface area (Å²) in [6, 6.07) is 7.05. The van der Waals surface area contributed by atoms with Crippen LogP contribution in [-0.4, -0.2) is 58.6 Å². The SMILES string of the molecule is COc1ccc2ncc(C)c(C(O)CCC3(CC(=O)O)CCN(CCSc4cc(F)cc(F)c4F)CC3)c2c1. The second-order valence-electron chi connectivity index (χ2n) is 10.3. The molecule has 4 rings (SSSR count). The van der Waals surface area contributed by atoms with Crippen molar-refractivity contribution in [3.05, 3.63) is 65.1 Å². The molecule has 0 radical (unpaired) electrons. The normalized spacial score (nSPS) is 16.4. The summed E-state index contributed by atoms with van der Waals surface area (Å²) < 4.78 is 46.2. The fourth-order valence-corrected chi connectivity index (χ4v) is 6.45. The summed E-state index contributed by atoms with van der Waals surface area (Å²) in [4.78, 5) is 18.3. The predicted octanol–water partition coefficient (Wildman–Crippen LogP) is 6.13. The van der Waals surface area contributed by atoms with Crippen LogP contribution in [-0.2, 0) is 4.79 Å². The van der Waals surface area contributed by atoms with E-state index in [-0.39, 0.29) is 11.3 Å². The number of nitrogens with zero attached hydrogens (tertiary/aromatic N) is 2. The van der Waals surface area contributed by atoms with Crippen LogP contribution in [0.15, 0.2) is 41.4 Å². The number of hydrogen-bond acceptors (Lipinski definition) is 6. The number of aliphatic carboxylic acids is 1. The number of aliphatic hydroxyl groups excluding tert-OH is 1. The molecule has 1 fully saturated rings. The van der Waals surface area contributed by atoms with Crippen molar-refractivity contribution in [1.29, 1.82) is 0 Å². The summed E-state index contributed by atoms with van der Waals surface area (Å²) in [5.74, 6) is -2.82. The Morgan fingerprint density at radius 3 is 2.64 bits per heavy atom. The Labute approximate surface area is 230 Å². The number of benzene rings is 2. The minimum atomic E-state index is -1.20. The van der Waals surface area contributed by atoms with Gasteiger partial charge in [-0.2, -0.15) is 0 Å². The van der Waals surface area contributed by atoms with Gasteiger partial charge in [-0.25, -0.2) is 13.2 Å². The first-order valence-corrected chi connectivity index (χ1v) is 13.9. The number of piperidine rings is 1. The number of halogens is 3. The second kappa shape index (κ2) is 12.6. The van der Waals surface area contributed by atoms with Gasteiger partial charge in [-0.1, -0.05) is 0 Å². The van der Waals surface area contributed by atoms with Crippen LogP contribution in [0.3, 0.4) is 0 Å². The molecular formula is C29H33F3N2O4S. The lowest BCUT2D eigenvalue weighted by atomic mass is 9.71. The number of aryl methyl sites for hydroxylation is 1. The Morgan fingerprint density at radius 2 is 1.95 bits per heavy atom. The number of carboxylic acid groups (broad SMARTS) is 1. The van der Waals surface area contributed by atoms with Gasteiger partial charge < -0.3 is 19.8 Å². The van der Waals surface area contributed by atoms with Crippen molar-refractivity contribution >= 4 is 28.6 Å². The molecule has 0 saturated carbocycles. The van der Waals surface area contributed by atoms with Gasteiger partial charge in [-0.05, 0) is 86.5 Å². The van der Waals surface area contributed by atoms with Crippen molar-refractivity contribution in [1.82, 2.24) is 9.88 Å². The number of carboxylic acids is 1. The van der Waals surface area contributed by atoms with Gasteiger partial charge in [-0.15, -0.1) is 11.8 Å². The third kappa shape index (κ3) is 7.04. The molecule has 210 valence electrons. The first kappa shape index (κ1) is 29.2. The molecule has 1 aliphatic rings. The van der Waals surface area contributed by atoms with Crippen LogP contribution in [0.25, 0.3) is 10.9 Å². The number of hydrogen-bond donors (Lipinski definition) is 2. The van der Waals surface area contributed by atoms with Crippen molar-refractivity contribution in [3.63, 3.8) is 0 Å². The molecule has 0 amide bonds. The average Bonchev–Trinajstić information content (AvgIpc) is 2.90. The molecule has 6 nitrogen and oxygen atoms in total. The number of carbonyl (C=O) groups is 1. The largest absolute Gasteiger partial charge is 0.497 e. The van der Waals surface area contributed by atoms with E-state index in [9.17, 15) is 28.2 Å². The lowest BCUT2D eigenvalue weighted by molar-refractivity contribution is -0.141. The Balaban J connectivity index is 1.39. The third-order valence-corrected chi connectivity index (χ3v) is 8.66. The van der Waals surface area contributed by atoms with Gasteiger partial charge in [0.25, 0.3) is 0 Å². The predicted molar refractivity (Wildman–Crippen MR) is 145 cm³/mol. The molecule has 1 atom stereocenters. The zero-order valence-corrected chi connectivity index (χ0v) is 22.9. The van der Waals surface area contributed by atoms with Gasteiger partial charge in [-0.3, -0.25) is 9.78 Å². The summed E-state index contributed by atoms with van der Waals surface area (Å²) in [6.45, 7) is 3.78. The zero-order chi connectivity index (χ0) is 28.2. The lowest BCUT2D eigenvalue weighted by Crippen LogP contribution is -2.42. The van der Waals surface area contributed by atoms with Crippen molar-refractivity contribution in [2.45, 2.75) is 50.0 Å². The van der Waals surface area contributed by atoms with Gasteiger partial charge >= 0.3 is 5.97 Å². The highest BCUT2D eigenvalue weighted by atomic mass is 32.2. The van der Waals surface area contributed by atoms with Gasteiger partial charge in [0, 0.05) is 34.8 Å². The topological polar surface area (TPSA) is 82.9 Å². The number of fused-ring (bicyclic) bond motifs is 1. The maximum absolute atomic E-state index is 13.9. The van der Waals surface area contributed by atoms with Crippen LogP contribution in [0.5, 0.6) is 5.75 Å². The van der Waals surface area contributed by atoms with Gasteiger partial charge in [0.1, 0.15) is 11.6 Å². The van der Waals surface area contributed by atoms with E-state index < -0.39 is 34.9 Å². The van der Waals surface area contributed by atoms with Gasteiger partial charge in [0.15, 0.2) is 11.6 Å². The Hall–Kier alpha value is -2.82. The second-order valence-corrected chi connectivity index (χ2v) is 11.4. The first-order valence-electron chi connectivity index (χ1n) is 12.9. The molecule has 10 heteroatoms. The van der Waals surface area contributed by atoms with E-state index in [1.807, 2.05) is 25.1 Å². The molecule has 0 spiro atoms. The van der Waals surface area contributed by atoms with Crippen molar-refractivity contribution in [2.75, 3.05) is 32.5 Å². The molecule has 3 aromatic rings. The van der Waals surface area contributed by atoms with Gasteiger partial charge in [0.2, 0.25) is 0 Å². The molecule has 2 N–H and O–H groups in total. The van der Waals surface area contributed by atoms with Crippen LogP contribution in [0, 0.1) is 29.8 Å². The number of pyridine rings is 1. The van der Waals surface area contributed by atoms with E-state index in [0.717, 1.165) is 39.9 Å². The Bertz CT molecular complexity index is 1330. The fourth-order valence-electron chi connectivity index (χ4n) is 5.46. The van der Waals surface area contributed by atoms with Crippen LogP contribution in [0.4, 0.5) is 13.2 Å². The molecule has 0 bridgehead atoms. The number of aromatic nitrogens is 1. The smallest absolute Gasteiger partial charge is 0.303 e. The fraction of sp³-hybridized carbons (Fsp3) is 0.448. The summed E-state index contributed by atoms with van der Waals surface area (Å²) in [7, 11) is 1.58. The summed E-state index contributed by atoms with van der Waals surface area (Å²) in [5.41, 5.74) is 1.93. The van der Waals surface area contributed by atoms with E-state index >= 15 is 0 Å². The molecule has 2 heterocycles. The monoisotopic (exact) mass is 562 g/mol. The molecule has 1 saturated heterocycles. The molecule has 1 unspecified atom stereocenters. The number of rotatable bonds is 11. The maximum Gasteiger partial charge on any atom is 0.303 e. The molecule has 39 heavy (non-hydrogen) atoms. The summed E-state index contributed by atoms with van der Waals surface area (Å²) >= 11 is 1.06. The molecule has 1 aromatic heterocycles. The highest BCUT2D eigenvalue weighted by molar-refractivity contribution is 7.99. The standard InChI is InChI=1S/C29H33F3N2O4S/c1-18-17-33-23-4-3-20(38-2)15-21(23)27(18)24(35)5-6-29(16-26(36)37)7-9-34(10-8-29)11-12-39-25-14-19(30)13-22(31)28(25)32/h3-4,13-15,17,24,35H,5-12,16H2,1-2H3,(H,36,37).